The molecule has 1 fully saturated rings. The van der Waals surface area contributed by atoms with Crippen molar-refractivity contribution in [3.8, 4) is 0 Å². The summed E-state index contributed by atoms with van der Waals surface area (Å²) in [5, 5.41) is 0. The molecule has 0 unspecified atom stereocenters. The monoisotopic (exact) mass is 364 g/mol. The minimum Gasteiger partial charge on any atom is -0.466 e. The zero-order valence-corrected chi connectivity index (χ0v) is 15.1. The predicted octanol–water partition coefficient (Wildman–Crippen LogP) is 5.24. The van der Waals surface area contributed by atoms with E-state index in [9.17, 15) is 4.79 Å². The van der Waals surface area contributed by atoms with E-state index in [0.717, 1.165) is 23.2 Å². The van der Waals surface area contributed by atoms with Crippen molar-refractivity contribution in [2.75, 3.05) is 6.61 Å². The molecule has 3 atom stereocenters. The first kappa shape index (κ1) is 16.0. The van der Waals surface area contributed by atoms with Crippen LogP contribution in [-0.4, -0.2) is 12.6 Å². The van der Waals surface area contributed by atoms with Gasteiger partial charge < -0.3 is 4.74 Å². The van der Waals surface area contributed by atoms with Crippen LogP contribution in [0.4, 0.5) is 0 Å². The molecule has 0 radical (unpaired) electrons. The summed E-state index contributed by atoms with van der Waals surface area (Å²) >= 11 is 3.57. The van der Waals surface area contributed by atoms with Gasteiger partial charge in [-0.1, -0.05) is 48.2 Å². The number of carbonyl (C=O) groups excluding carboxylic acids is 1. The summed E-state index contributed by atoms with van der Waals surface area (Å²) in [4.78, 5) is 12.8. The maximum atomic E-state index is 12.8. The van der Waals surface area contributed by atoms with Crippen LogP contribution in [0.3, 0.4) is 0 Å². The smallest absolute Gasteiger partial charge is 0.313 e. The van der Waals surface area contributed by atoms with Gasteiger partial charge >= 0.3 is 5.97 Å². The SMILES string of the molecule is CCOC(=O)[C@@H]1c2cc(Br)ccc2C[C@@]12CCC[C@@H](CC)C2. The van der Waals surface area contributed by atoms with Crippen molar-refractivity contribution in [3.63, 3.8) is 0 Å². The predicted molar refractivity (Wildman–Crippen MR) is 91.9 cm³/mol. The third-order valence-electron chi connectivity index (χ3n) is 5.66. The summed E-state index contributed by atoms with van der Waals surface area (Å²) in [5.41, 5.74) is 2.64. The summed E-state index contributed by atoms with van der Waals surface area (Å²) in [6, 6.07) is 6.43. The second-order valence-electron chi connectivity index (χ2n) is 6.94. The van der Waals surface area contributed by atoms with E-state index >= 15 is 0 Å². The highest BCUT2D eigenvalue weighted by molar-refractivity contribution is 9.10. The van der Waals surface area contributed by atoms with Crippen LogP contribution >= 0.6 is 15.9 Å². The number of rotatable bonds is 3. The lowest BCUT2D eigenvalue weighted by molar-refractivity contribution is -0.149. The van der Waals surface area contributed by atoms with Crippen LogP contribution in [0.1, 0.15) is 63.0 Å². The van der Waals surface area contributed by atoms with Gasteiger partial charge in [-0.05, 0) is 60.8 Å². The molecule has 1 aromatic carbocycles. The fraction of sp³-hybridized carbons (Fsp3) is 0.632. The largest absolute Gasteiger partial charge is 0.466 e. The van der Waals surface area contributed by atoms with Crippen molar-refractivity contribution in [1.82, 2.24) is 0 Å². The Kier molecular flexibility index (Phi) is 4.63. The third kappa shape index (κ3) is 2.73. The normalized spacial score (nSPS) is 30.3. The van der Waals surface area contributed by atoms with E-state index in [1.165, 1.54) is 36.8 Å². The molecule has 1 aromatic rings. The van der Waals surface area contributed by atoms with E-state index in [-0.39, 0.29) is 17.3 Å². The van der Waals surface area contributed by atoms with Gasteiger partial charge in [-0.25, -0.2) is 0 Å². The van der Waals surface area contributed by atoms with Gasteiger partial charge in [-0.3, -0.25) is 4.79 Å². The molecule has 22 heavy (non-hydrogen) atoms. The molecule has 3 rings (SSSR count). The average Bonchev–Trinajstić information content (AvgIpc) is 2.79. The second-order valence-corrected chi connectivity index (χ2v) is 7.85. The number of carbonyl (C=O) groups is 1. The highest BCUT2D eigenvalue weighted by Crippen LogP contribution is 2.57. The van der Waals surface area contributed by atoms with Crippen LogP contribution in [0.25, 0.3) is 0 Å². The van der Waals surface area contributed by atoms with Crippen LogP contribution in [0.15, 0.2) is 22.7 Å². The van der Waals surface area contributed by atoms with Gasteiger partial charge in [0.05, 0.1) is 12.5 Å². The van der Waals surface area contributed by atoms with E-state index in [1.54, 1.807) is 0 Å². The Hall–Kier alpha value is -0.830. The van der Waals surface area contributed by atoms with Gasteiger partial charge in [0.25, 0.3) is 0 Å². The lowest BCUT2D eigenvalue weighted by atomic mass is 9.63. The maximum Gasteiger partial charge on any atom is 0.313 e. The number of hydrogen-bond donors (Lipinski definition) is 0. The standard InChI is InChI=1S/C19H25BrO2/c1-3-13-6-5-9-19(11-13)12-14-7-8-15(20)10-16(14)17(19)18(21)22-4-2/h7-8,10,13,17H,3-6,9,11-12H2,1-2H3/t13-,17+,19+/m1/s1. The zero-order chi connectivity index (χ0) is 15.7. The van der Waals surface area contributed by atoms with Crippen molar-refractivity contribution in [2.45, 2.75) is 58.3 Å². The molecule has 3 heteroatoms. The molecule has 0 aromatic heterocycles. The Morgan fingerprint density at radius 3 is 2.95 bits per heavy atom. The molecule has 120 valence electrons. The van der Waals surface area contributed by atoms with E-state index < -0.39 is 0 Å². The molecular formula is C19H25BrO2. The van der Waals surface area contributed by atoms with Crippen LogP contribution in [0, 0.1) is 11.3 Å². The molecule has 0 aliphatic heterocycles. The van der Waals surface area contributed by atoms with Gasteiger partial charge in [0.2, 0.25) is 0 Å². The summed E-state index contributed by atoms with van der Waals surface area (Å²) in [6.07, 6.45) is 7.13. The highest BCUT2D eigenvalue weighted by atomic mass is 79.9. The summed E-state index contributed by atoms with van der Waals surface area (Å²) in [5.74, 6) is 0.661. The Bertz CT molecular complexity index is 569. The fourth-order valence-electron chi connectivity index (χ4n) is 4.70. The second kappa shape index (κ2) is 6.35. The Morgan fingerprint density at radius 1 is 1.41 bits per heavy atom. The quantitative estimate of drug-likeness (QED) is 0.685. The Balaban J connectivity index is 2.01. The van der Waals surface area contributed by atoms with Gasteiger partial charge in [0, 0.05) is 4.47 Å². The van der Waals surface area contributed by atoms with E-state index in [4.69, 9.17) is 4.74 Å². The number of ether oxygens (including phenoxy) is 1. The molecule has 0 N–H and O–H groups in total. The zero-order valence-electron chi connectivity index (χ0n) is 13.5. The lowest BCUT2D eigenvalue weighted by Gasteiger charge is -2.41. The molecular weight excluding hydrogens is 340 g/mol. The van der Waals surface area contributed by atoms with Crippen molar-refractivity contribution in [2.24, 2.45) is 11.3 Å². The molecule has 0 amide bonds. The molecule has 0 heterocycles. The number of benzene rings is 1. The minimum atomic E-state index is -0.0747. The van der Waals surface area contributed by atoms with E-state index in [0.29, 0.717) is 6.61 Å². The van der Waals surface area contributed by atoms with Crippen molar-refractivity contribution in [1.29, 1.82) is 0 Å². The molecule has 0 bridgehead atoms. The van der Waals surface area contributed by atoms with Crippen LogP contribution in [0.5, 0.6) is 0 Å². The fourth-order valence-corrected chi connectivity index (χ4v) is 5.08. The summed E-state index contributed by atoms with van der Waals surface area (Å²) in [6.45, 7) is 4.64. The molecule has 2 aliphatic rings. The molecule has 0 saturated heterocycles. The highest BCUT2D eigenvalue weighted by Gasteiger charge is 2.52. The first-order valence-corrected chi connectivity index (χ1v) is 9.34. The van der Waals surface area contributed by atoms with Gasteiger partial charge in [-0.2, -0.15) is 0 Å². The average molecular weight is 365 g/mol. The third-order valence-corrected chi connectivity index (χ3v) is 6.15. The van der Waals surface area contributed by atoms with Gasteiger partial charge in [0.1, 0.15) is 0 Å². The van der Waals surface area contributed by atoms with Gasteiger partial charge in [0.15, 0.2) is 0 Å². The first-order chi connectivity index (χ1) is 10.6. The molecule has 1 spiro atoms. The first-order valence-electron chi connectivity index (χ1n) is 8.54. The Labute approximate surface area is 141 Å². The van der Waals surface area contributed by atoms with Crippen molar-refractivity contribution in [3.05, 3.63) is 33.8 Å². The number of fused-ring (bicyclic) bond motifs is 1. The van der Waals surface area contributed by atoms with E-state index in [2.05, 4.69) is 41.1 Å². The van der Waals surface area contributed by atoms with E-state index in [1.807, 2.05) is 6.92 Å². The molecule has 2 nitrogen and oxygen atoms in total. The van der Waals surface area contributed by atoms with Crippen LogP contribution in [-0.2, 0) is 16.0 Å². The number of hydrogen-bond acceptors (Lipinski definition) is 2. The maximum absolute atomic E-state index is 12.8. The van der Waals surface area contributed by atoms with Crippen molar-refractivity contribution >= 4 is 21.9 Å². The molecule has 2 aliphatic carbocycles. The number of esters is 1. The minimum absolute atomic E-state index is 0.0175. The number of halogens is 1. The molecule has 1 saturated carbocycles. The lowest BCUT2D eigenvalue weighted by Crippen LogP contribution is -2.37. The van der Waals surface area contributed by atoms with Gasteiger partial charge in [-0.15, -0.1) is 0 Å². The van der Waals surface area contributed by atoms with Crippen molar-refractivity contribution < 1.29 is 9.53 Å². The summed E-state index contributed by atoms with van der Waals surface area (Å²) in [7, 11) is 0. The summed E-state index contributed by atoms with van der Waals surface area (Å²) < 4.78 is 6.52. The van der Waals surface area contributed by atoms with Crippen LogP contribution < -0.4 is 0 Å². The Morgan fingerprint density at radius 2 is 2.23 bits per heavy atom. The van der Waals surface area contributed by atoms with Crippen LogP contribution in [0.2, 0.25) is 0 Å². The topological polar surface area (TPSA) is 26.3 Å².